The number of hydrogen-bond donors (Lipinski definition) is 1. The highest BCUT2D eigenvalue weighted by Crippen LogP contribution is 2.31. The van der Waals surface area contributed by atoms with Crippen LogP contribution in [0.15, 0.2) is 4.52 Å². The monoisotopic (exact) mass is 185 g/mol. The van der Waals surface area contributed by atoms with Gasteiger partial charge < -0.3 is 9.63 Å². The predicted octanol–water partition coefficient (Wildman–Crippen LogP) is 1.05. The maximum atomic E-state index is 10.4. The highest BCUT2D eigenvalue weighted by Gasteiger charge is 2.22. The molecule has 0 fully saturated rings. The fraction of sp³-hybridized carbons (Fsp3) is 0.429. The number of nitrogens with zero attached hydrogens (tertiary/aromatic N) is 1. The molecule has 2 rings (SSSR count). The standard InChI is InChI=1S/C7H7NO3S/c9-7(10)1-6-4-2-12-3-5(4)8-11-6/h1-3H2,(H,9,10). The average Bonchev–Trinajstić information content (AvgIpc) is 2.52. The van der Waals surface area contributed by atoms with Gasteiger partial charge in [-0.1, -0.05) is 5.16 Å². The average molecular weight is 185 g/mol. The molecule has 4 nitrogen and oxygen atoms in total. The minimum Gasteiger partial charge on any atom is -0.481 e. The van der Waals surface area contributed by atoms with E-state index >= 15 is 0 Å². The van der Waals surface area contributed by atoms with Gasteiger partial charge in [-0.15, -0.1) is 0 Å². The predicted molar refractivity (Wildman–Crippen MR) is 42.8 cm³/mol. The fourth-order valence-corrected chi connectivity index (χ4v) is 2.24. The van der Waals surface area contributed by atoms with E-state index in [1.165, 1.54) is 0 Å². The van der Waals surface area contributed by atoms with Gasteiger partial charge in [0.15, 0.2) is 5.76 Å². The summed E-state index contributed by atoms with van der Waals surface area (Å²) in [5.41, 5.74) is 1.90. The van der Waals surface area contributed by atoms with E-state index in [1.807, 2.05) is 0 Å². The first-order chi connectivity index (χ1) is 5.77. The van der Waals surface area contributed by atoms with Gasteiger partial charge in [-0.3, -0.25) is 4.79 Å². The van der Waals surface area contributed by atoms with Crippen LogP contribution in [0.25, 0.3) is 0 Å². The summed E-state index contributed by atoms with van der Waals surface area (Å²) in [5, 5.41) is 12.3. The largest absolute Gasteiger partial charge is 0.481 e. The lowest BCUT2D eigenvalue weighted by Crippen LogP contribution is -2.00. The first-order valence-corrected chi connectivity index (χ1v) is 4.68. The second-order valence-electron chi connectivity index (χ2n) is 2.59. The van der Waals surface area contributed by atoms with Crippen molar-refractivity contribution in [3.05, 3.63) is 17.0 Å². The lowest BCUT2D eigenvalue weighted by molar-refractivity contribution is -0.136. The van der Waals surface area contributed by atoms with E-state index in [-0.39, 0.29) is 6.42 Å². The maximum absolute atomic E-state index is 10.4. The number of carboxylic acids is 1. The second kappa shape index (κ2) is 2.82. The molecular formula is C7H7NO3S. The number of aromatic nitrogens is 1. The Balaban J connectivity index is 2.27. The van der Waals surface area contributed by atoms with Crippen molar-refractivity contribution in [3.8, 4) is 0 Å². The van der Waals surface area contributed by atoms with E-state index in [1.54, 1.807) is 11.8 Å². The zero-order valence-corrected chi connectivity index (χ0v) is 7.06. The summed E-state index contributed by atoms with van der Waals surface area (Å²) in [6, 6.07) is 0. The molecule has 1 aliphatic heterocycles. The minimum absolute atomic E-state index is 0.0527. The molecule has 1 aromatic rings. The van der Waals surface area contributed by atoms with Crippen LogP contribution in [0.4, 0.5) is 0 Å². The molecule has 1 aromatic heterocycles. The highest BCUT2D eigenvalue weighted by atomic mass is 32.2. The maximum Gasteiger partial charge on any atom is 0.311 e. The normalized spacial score (nSPS) is 14.7. The van der Waals surface area contributed by atoms with E-state index < -0.39 is 5.97 Å². The molecule has 0 aliphatic carbocycles. The quantitative estimate of drug-likeness (QED) is 0.746. The molecule has 1 aliphatic rings. The molecule has 5 heteroatoms. The van der Waals surface area contributed by atoms with Crippen LogP contribution in [0.1, 0.15) is 17.0 Å². The molecule has 64 valence electrons. The molecule has 12 heavy (non-hydrogen) atoms. The molecular weight excluding hydrogens is 178 g/mol. The number of carboxylic acid groups (broad SMARTS) is 1. The van der Waals surface area contributed by atoms with E-state index in [0.717, 1.165) is 22.8 Å². The van der Waals surface area contributed by atoms with Gasteiger partial charge in [-0.05, 0) is 0 Å². The number of hydrogen-bond acceptors (Lipinski definition) is 4. The lowest BCUT2D eigenvalue weighted by atomic mass is 10.2. The Morgan fingerprint density at radius 1 is 1.67 bits per heavy atom. The molecule has 0 unspecified atom stereocenters. The molecule has 0 aromatic carbocycles. The smallest absolute Gasteiger partial charge is 0.311 e. The van der Waals surface area contributed by atoms with Gasteiger partial charge >= 0.3 is 5.97 Å². The molecule has 0 bridgehead atoms. The molecule has 1 N–H and O–H groups in total. The van der Waals surface area contributed by atoms with Crippen molar-refractivity contribution < 1.29 is 14.4 Å². The summed E-state index contributed by atoms with van der Waals surface area (Å²) < 4.78 is 4.90. The number of aliphatic carboxylic acids is 1. The van der Waals surface area contributed by atoms with Crippen molar-refractivity contribution >= 4 is 17.7 Å². The first-order valence-electron chi connectivity index (χ1n) is 3.53. The molecule has 0 saturated heterocycles. The third-order valence-corrected chi connectivity index (χ3v) is 2.72. The Bertz CT molecular complexity index is 320. The van der Waals surface area contributed by atoms with Gasteiger partial charge in [0.2, 0.25) is 0 Å². The van der Waals surface area contributed by atoms with Crippen LogP contribution >= 0.6 is 11.8 Å². The van der Waals surface area contributed by atoms with E-state index in [9.17, 15) is 4.79 Å². The summed E-state index contributed by atoms with van der Waals surface area (Å²) in [6.45, 7) is 0. The Morgan fingerprint density at radius 2 is 2.50 bits per heavy atom. The third kappa shape index (κ3) is 1.20. The van der Waals surface area contributed by atoms with Crippen LogP contribution in [-0.4, -0.2) is 16.2 Å². The zero-order chi connectivity index (χ0) is 8.55. The molecule has 0 amide bonds. The number of rotatable bonds is 2. The van der Waals surface area contributed by atoms with Gasteiger partial charge in [0.1, 0.15) is 6.42 Å². The second-order valence-corrected chi connectivity index (χ2v) is 3.58. The van der Waals surface area contributed by atoms with Crippen LogP contribution < -0.4 is 0 Å². The fourth-order valence-electron chi connectivity index (χ4n) is 1.18. The molecule has 0 radical (unpaired) electrons. The van der Waals surface area contributed by atoms with Crippen molar-refractivity contribution in [3.63, 3.8) is 0 Å². The topological polar surface area (TPSA) is 63.3 Å². The summed E-state index contributed by atoms with van der Waals surface area (Å²) in [6.07, 6.45) is -0.0527. The van der Waals surface area contributed by atoms with Crippen molar-refractivity contribution in [2.24, 2.45) is 0 Å². The SMILES string of the molecule is O=C(O)Cc1onc2c1CSC2. The summed E-state index contributed by atoms with van der Waals surface area (Å²) >= 11 is 1.74. The van der Waals surface area contributed by atoms with Crippen molar-refractivity contribution in [1.82, 2.24) is 5.16 Å². The number of thioether (sulfide) groups is 1. The Labute approximate surface area is 72.9 Å². The van der Waals surface area contributed by atoms with Crippen molar-refractivity contribution in [2.45, 2.75) is 17.9 Å². The van der Waals surface area contributed by atoms with Gasteiger partial charge in [0, 0.05) is 17.1 Å². The van der Waals surface area contributed by atoms with E-state index in [2.05, 4.69) is 5.16 Å². The molecule has 0 saturated carbocycles. The number of fused-ring (bicyclic) bond motifs is 1. The third-order valence-electron chi connectivity index (χ3n) is 1.75. The van der Waals surface area contributed by atoms with Gasteiger partial charge in [-0.2, -0.15) is 11.8 Å². The highest BCUT2D eigenvalue weighted by molar-refractivity contribution is 7.98. The van der Waals surface area contributed by atoms with Gasteiger partial charge in [-0.25, -0.2) is 0 Å². The Morgan fingerprint density at radius 3 is 3.25 bits per heavy atom. The van der Waals surface area contributed by atoms with Crippen LogP contribution in [0.3, 0.4) is 0 Å². The van der Waals surface area contributed by atoms with Crippen LogP contribution in [-0.2, 0) is 22.7 Å². The summed E-state index contributed by atoms with van der Waals surface area (Å²) in [5.74, 6) is 1.33. The van der Waals surface area contributed by atoms with Gasteiger partial charge in [0.05, 0.1) is 5.69 Å². The molecule has 2 heterocycles. The molecule has 0 atom stereocenters. The van der Waals surface area contributed by atoms with Crippen LogP contribution in [0.2, 0.25) is 0 Å². The minimum atomic E-state index is -0.870. The number of carbonyl (C=O) groups is 1. The van der Waals surface area contributed by atoms with Crippen molar-refractivity contribution in [2.75, 3.05) is 0 Å². The van der Waals surface area contributed by atoms with Gasteiger partial charge in [0.25, 0.3) is 0 Å². The Hall–Kier alpha value is -0.970. The zero-order valence-electron chi connectivity index (χ0n) is 6.24. The lowest BCUT2D eigenvalue weighted by Gasteiger charge is -1.91. The Kier molecular flexibility index (Phi) is 1.80. The van der Waals surface area contributed by atoms with Crippen LogP contribution in [0.5, 0.6) is 0 Å². The van der Waals surface area contributed by atoms with Crippen molar-refractivity contribution in [1.29, 1.82) is 0 Å². The summed E-state index contributed by atoms with van der Waals surface area (Å²) in [7, 11) is 0. The first kappa shape index (κ1) is 7.67. The van der Waals surface area contributed by atoms with E-state index in [4.69, 9.17) is 9.63 Å². The van der Waals surface area contributed by atoms with Crippen LogP contribution in [0, 0.1) is 0 Å². The van der Waals surface area contributed by atoms with E-state index in [0.29, 0.717) is 5.76 Å². The molecule has 0 spiro atoms. The summed E-state index contributed by atoms with van der Waals surface area (Å²) in [4.78, 5) is 10.4.